The van der Waals surface area contributed by atoms with Gasteiger partial charge in [0.2, 0.25) is 0 Å². The first-order valence-electron chi connectivity index (χ1n) is 10.6. The Morgan fingerprint density at radius 1 is 0.792 bits per heavy atom. The third-order valence-corrected chi connectivity index (χ3v) is 6.05. The Balaban J connectivity index is 1.87. The van der Waals surface area contributed by atoms with Crippen molar-refractivity contribution in [2.45, 2.75) is 96.4 Å². The predicted molar refractivity (Wildman–Crippen MR) is 106 cm³/mol. The minimum atomic E-state index is 0.292. The third kappa shape index (κ3) is 5.34. The lowest BCUT2D eigenvalue weighted by atomic mass is 9.80. The number of benzene rings is 1. The molecular weight excluding hydrogens is 290 g/mol. The van der Waals surface area contributed by atoms with Crippen molar-refractivity contribution >= 4 is 0 Å². The lowest BCUT2D eigenvalue weighted by Crippen LogP contribution is -2.44. The van der Waals surface area contributed by atoms with Crippen molar-refractivity contribution in [1.82, 2.24) is 4.90 Å². The van der Waals surface area contributed by atoms with Crippen molar-refractivity contribution in [3.63, 3.8) is 0 Å². The zero-order valence-electron chi connectivity index (χ0n) is 16.2. The molecule has 0 saturated carbocycles. The van der Waals surface area contributed by atoms with E-state index in [4.69, 9.17) is 0 Å². The molecule has 1 atom stereocenters. The molecule has 1 aliphatic heterocycles. The lowest BCUT2D eigenvalue weighted by molar-refractivity contribution is 0.0951. The van der Waals surface area contributed by atoms with Crippen LogP contribution in [0.3, 0.4) is 0 Å². The van der Waals surface area contributed by atoms with Crippen molar-refractivity contribution < 1.29 is 0 Å². The van der Waals surface area contributed by atoms with Gasteiger partial charge in [-0.15, -0.1) is 0 Å². The van der Waals surface area contributed by atoms with Gasteiger partial charge in [-0.3, -0.25) is 4.90 Å². The van der Waals surface area contributed by atoms with E-state index in [1.165, 1.54) is 90.1 Å². The summed E-state index contributed by atoms with van der Waals surface area (Å²) >= 11 is 0. The lowest BCUT2D eigenvalue weighted by Gasteiger charge is -2.42. The van der Waals surface area contributed by atoms with E-state index in [0.29, 0.717) is 5.54 Å². The van der Waals surface area contributed by atoms with E-state index in [0.717, 1.165) is 0 Å². The molecule has 1 aliphatic rings. The maximum atomic E-state index is 2.80. The number of unbranched alkanes of at least 4 members (excludes halogenated alkanes) is 7. The molecule has 1 saturated heterocycles. The Morgan fingerprint density at radius 2 is 1.38 bits per heavy atom. The molecule has 1 heterocycles. The molecule has 1 heteroatoms. The van der Waals surface area contributed by atoms with Crippen molar-refractivity contribution in [3.05, 3.63) is 35.9 Å². The third-order valence-electron chi connectivity index (χ3n) is 6.05. The smallest absolute Gasteiger partial charge is 0.0458 e. The van der Waals surface area contributed by atoms with Crippen molar-refractivity contribution in [3.8, 4) is 0 Å². The van der Waals surface area contributed by atoms with Gasteiger partial charge in [0.1, 0.15) is 0 Å². The first-order chi connectivity index (χ1) is 11.8. The summed E-state index contributed by atoms with van der Waals surface area (Å²) in [5.74, 6) is 0. The average Bonchev–Trinajstić information content (AvgIpc) is 3.17. The number of hydrogen-bond acceptors (Lipinski definition) is 1. The molecular formula is C23H39N. The van der Waals surface area contributed by atoms with Crippen LogP contribution in [0.1, 0.15) is 96.5 Å². The van der Waals surface area contributed by atoms with Crippen LogP contribution >= 0.6 is 0 Å². The number of likely N-dealkylation sites (tertiary alicyclic amines) is 1. The van der Waals surface area contributed by atoms with Gasteiger partial charge in [0.15, 0.2) is 0 Å². The molecule has 1 aromatic rings. The van der Waals surface area contributed by atoms with Gasteiger partial charge < -0.3 is 0 Å². The second kappa shape index (κ2) is 10.9. The van der Waals surface area contributed by atoms with Crippen LogP contribution in [0.4, 0.5) is 0 Å². The minimum Gasteiger partial charge on any atom is -0.294 e. The number of nitrogens with zero attached hydrogens (tertiary/aromatic N) is 1. The Labute approximate surface area is 150 Å². The van der Waals surface area contributed by atoms with Crippen molar-refractivity contribution in [2.75, 3.05) is 13.1 Å². The highest BCUT2D eigenvalue weighted by atomic mass is 15.2. The molecule has 0 N–H and O–H groups in total. The summed E-state index contributed by atoms with van der Waals surface area (Å²) in [6, 6.07) is 11.3. The van der Waals surface area contributed by atoms with Gasteiger partial charge in [-0.25, -0.2) is 0 Å². The van der Waals surface area contributed by atoms with Gasteiger partial charge in [-0.1, -0.05) is 95.5 Å². The van der Waals surface area contributed by atoms with Gasteiger partial charge in [-0.2, -0.15) is 0 Å². The minimum absolute atomic E-state index is 0.292. The molecule has 0 aromatic heterocycles. The average molecular weight is 330 g/mol. The van der Waals surface area contributed by atoms with Crippen LogP contribution in [0.25, 0.3) is 0 Å². The van der Waals surface area contributed by atoms with Crippen molar-refractivity contribution in [1.29, 1.82) is 0 Å². The molecule has 0 spiro atoms. The highest BCUT2D eigenvalue weighted by Crippen LogP contribution is 2.39. The van der Waals surface area contributed by atoms with Crippen LogP contribution in [-0.2, 0) is 5.54 Å². The fourth-order valence-corrected chi connectivity index (χ4v) is 4.53. The fraction of sp³-hybridized carbons (Fsp3) is 0.739. The first-order valence-corrected chi connectivity index (χ1v) is 10.6. The summed E-state index contributed by atoms with van der Waals surface area (Å²) in [5, 5.41) is 0. The highest BCUT2D eigenvalue weighted by Gasteiger charge is 2.37. The quantitative estimate of drug-likeness (QED) is 0.376. The predicted octanol–water partition coefficient (Wildman–Crippen LogP) is 6.92. The van der Waals surface area contributed by atoms with Gasteiger partial charge in [-0.05, 0) is 44.3 Å². The molecule has 1 unspecified atom stereocenters. The van der Waals surface area contributed by atoms with Crippen LogP contribution in [0.5, 0.6) is 0 Å². The van der Waals surface area contributed by atoms with Crippen molar-refractivity contribution in [2.24, 2.45) is 0 Å². The van der Waals surface area contributed by atoms with E-state index in [1.807, 2.05) is 0 Å². The Hall–Kier alpha value is -0.820. The summed E-state index contributed by atoms with van der Waals surface area (Å²) in [7, 11) is 0. The van der Waals surface area contributed by atoms with E-state index < -0.39 is 0 Å². The Morgan fingerprint density at radius 3 is 1.96 bits per heavy atom. The van der Waals surface area contributed by atoms with Gasteiger partial charge >= 0.3 is 0 Å². The zero-order valence-corrected chi connectivity index (χ0v) is 16.2. The molecule has 24 heavy (non-hydrogen) atoms. The topological polar surface area (TPSA) is 3.24 Å². The van der Waals surface area contributed by atoms with E-state index in [-0.39, 0.29) is 0 Å². The summed E-state index contributed by atoms with van der Waals surface area (Å²) in [4.78, 5) is 2.80. The summed E-state index contributed by atoms with van der Waals surface area (Å²) in [6.45, 7) is 7.28. The number of rotatable bonds is 12. The Kier molecular flexibility index (Phi) is 8.88. The standard InChI is InChI=1S/C23H39N/c1-3-5-6-7-8-9-10-14-19-23(4-2,24-20-15-16-21-24)22-17-12-11-13-18-22/h11-13,17-18H,3-10,14-16,19-21H2,1-2H3. The molecule has 0 aliphatic carbocycles. The number of hydrogen-bond donors (Lipinski definition) is 0. The normalized spacial score (nSPS) is 17.9. The maximum absolute atomic E-state index is 2.80. The second-order valence-corrected chi connectivity index (χ2v) is 7.67. The first kappa shape index (κ1) is 19.5. The van der Waals surface area contributed by atoms with Crippen LogP contribution in [-0.4, -0.2) is 18.0 Å². The fourth-order valence-electron chi connectivity index (χ4n) is 4.53. The molecule has 0 bridgehead atoms. The van der Waals surface area contributed by atoms with E-state index in [9.17, 15) is 0 Å². The SMILES string of the molecule is CCCCCCCCCCC(CC)(c1ccccc1)N1CCCC1. The largest absolute Gasteiger partial charge is 0.294 e. The molecule has 1 nitrogen and oxygen atoms in total. The van der Waals surface area contributed by atoms with Crippen LogP contribution in [0.15, 0.2) is 30.3 Å². The summed E-state index contributed by atoms with van der Waals surface area (Å²) in [6.07, 6.45) is 16.7. The van der Waals surface area contributed by atoms with E-state index in [2.05, 4.69) is 49.1 Å². The molecule has 0 amide bonds. The monoisotopic (exact) mass is 329 g/mol. The summed E-state index contributed by atoms with van der Waals surface area (Å²) in [5.41, 5.74) is 1.84. The van der Waals surface area contributed by atoms with Gasteiger partial charge in [0.25, 0.3) is 0 Å². The van der Waals surface area contributed by atoms with Crippen LogP contribution < -0.4 is 0 Å². The molecule has 136 valence electrons. The Bertz CT molecular complexity index is 421. The van der Waals surface area contributed by atoms with E-state index in [1.54, 1.807) is 5.56 Å². The maximum Gasteiger partial charge on any atom is 0.0458 e. The zero-order chi connectivity index (χ0) is 17.1. The molecule has 1 aromatic carbocycles. The molecule has 2 rings (SSSR count). The van der Waals surface area contributed by atoms with Crippen LogP contribution in [0, 0.1) is 0 Å². The van der Waals surface area contributed by atoms with Gasteiger partial charge in [0, 0.05) is 5.54 Å². The van der Waals surface area contributed by atoms with Crippen LogP contribution in [0.2, 0.25) is 0 Å². The van der Waals surface area contributed by atoms with E-state index >= 15 is 0 Å². The second-order valence-electron chi connectivity index (χ2n) is 7.67. The molecule has 0 radical (unpaired) electrons. The molecule has 1 fully saturated rings. The highest BCUT2D eigenvalue weighted by molar-refractivity contribution is 5.25. The summed E-state index contributed by atoms with van der Waals surface area (Å²) < 4.78 is 0. The van der Waals surface area contributed by atoms with Gasteiger partial charge in [0.05, 0.1) is 0 Å².